The summed E-state index contributed by atoms with van der Waals surface area (Å²) in [5.41, 5.74) is 8.21. The summed E-state index contributed by atoms with van der Waals surface area (Å²) < 4.78 is 7.06. The minimum atomic E-state index is -0.527. The number of amides is 2. The van der Waals surface area contributed by atoms with Gasteiger partial charge in [-0.25, -0.2) is 4.68 Å². The van der Waals surface area contributed by atoms with Crippen molar-refractivity contribution in [3.05, 3.63) is 101 Å². The van der Waals surface area contributed by atoms with E-state index in [1.165, 1.54) is 0 Å². The summed E-state index contributed by atoms with van der Waals surface area (Å²) >= 11 is 6.02. The number of nitrogens with one attached hydrogen (secondary N) is 2. The molecule has 4 aromatic rings. The fourth-order valence-corrected chi connectivity index (χ4v) is 3.40. The molecule has 3 aromatic carbocycles. The maximum Gasteiger partial charge on any atom is 0.276 e. The van der Waals surface area contributed by atoms with Crippen molar-refractivity contribution < 1.29 is 14.3 Å². The zero-order valence-corrected chi connectivity index (χ0v) is 19.2. The number of halogens is 1. The third-order valence-electron chi connectivity index (χ3n) is 4.97. The van der Waals surface area contributed by atoms with Gasteiger partial charge in [0, 0.05) is 22.3 Å². The molecule has 4 rings (SSSR count). The van der Waals surface area contributed by atoms with E-state index < -0.39 is 11.8 Å². The fraction of sp³-hybridized carbons (Fsp3) is 0.0769. The molecule has 2 N–H and O–H groups in total. The van der Waals surface area contributed by atoms with E-state index in [0.717, 1.165) is 11.3 Å². The Morgan fingerprint density at radius 3 is 2.31 bits per heavy atom. The molecular weight excluding hydrogens is 466 g/mol. The van der Waals surface area contributed by atoms with Crippen LogP contribution in [0.4, 0.5) is 0 Å². The van der Waals surface area contributed by atoms with Crippen molar-refractivity contribution in [2.24, 2.45) is 0 Å². The van der Waals surface area contributed by atoms with Crippen LogP contribution in [0.3, 0.4) is 0 Å². The molecule has 8 nitrogen and oxygen atoms in total. The van der Waals surface area contributed by atoms with Crippen LogP contribution in [0, 0.1) is 11.3 Å². The van der Waals surface area contributed by atoms with E-state index in [9.17, 15) is 9.59 Å². The molecule has 0 saturated heterocycles. The number of rotatable bonds is 7. The summed E-state index contributed by atoms with van der Waals surface area (Å²) in [7, 11) is 0. The monoisotopic (exact) mass is 485 g/mol. The van der Waals surface area contributed by atoms with Crippen LogP contribution in [-0.2, 0) is 16.0 Å². The molecule has 1 aromatic heterocycles. The molecule has 0 aliphatic rings. The summed E-state index contributed by atoms with van der Waals surface area (Å²) in [6.45, 7) is -0.297. The Labute approximate surface area is 206 Å². The number of aromatic nitrogens is 2. The van der Waals surface area contributed by atoms with Crippen LogP contribution in [0.2, 0.25) is 5.02 Å². The predicted molar refractivity (Wildman–Crippen MR) is 131 cm³/mol. The summed E-state index contributed by atoms with van der Waals surface area (Å²) in [5.74, 6) is -0.508. The van der Waals surface area contributed by atoms with Gasteiger partial charge in [0.15, 0.2) is 6.61 Å². The molecule has 0 unspecified atom stereocenters. The lowest BCUT2D eigenvalue weighted by Crippen LogP contribution is -2.44. The molecular formula is C26H20ClN5O3. The second-order valence-corrected chi connectivity index (χ2v) is 7.92. The summed E-state index contributed by atoms with van der Waals surface area (Å²) in [6, 6.07) is 25.1. The van der Waals surface area contributed by atoms with Crippen molar-refractivity contribution in [3.8, 4) is 28.8 Å². The van der Waals surface area contributed by atoms with Gasteiger partial charge in [-0.2, -0.15) is 10.4 Å². The second kappa shape index (κ2) is 11.0. The molecule has 0 atom stereocenters. The topological polar surface area (TPSA) is 109 Å². The maximum atomic E-state index is 12.6. The number of para-hydroxylation sites is 1. The Balaban J connectivity index is 1.40. The quantitative estimate of drug-likeness (QED) is 0.387. The number of hydrogen-bond acceptors (Lipinski definition) is 5. The van der Waals surface area contributed by atoms with Gasteiger partial charge in [-0.15, -0.1) is 0 Å². The predicted octanol–water partition coefficient (Wildman–Crippen LogP) is 3.83. The van der Waals surface area contributed by atoms with Crippen LogP contribution in [-0.4, -0.2) is 28.2 Å². The van der Waals surface area contributed by atoms with Crippen LogP contribution < -0.4 is 15.6 Å². The van der Waals surface area contributed by atoms with Crippen LogP contribution in [0.25, 0.3) is 16.9 Å². The second-order valence-electron chi connectivity index (χ2n) is 7.49. The van der Waals surface area contributed by atoms with Gasteiger partial charge in [-0.3, -0.25) is 20.4 Å². The highest BCUT2D eigenvalue weighted by Crippen LogP contribution is 2.25. The lowest BCUT2D eigenvalue weighted by Gasteiger charge is -2.09. The lowest BCUT2D eigenvalue weighted by molar-refractivity contribution is -0.129. The molecule has 0 aliphatic heterocycles. The number of hydrazine groups is 1. The van der Waals surface area contributed by atoms with Gasteiger partial charge in [0.1, 0.15) is 5.75 Å². The van der Waals surface area contributed by atoms with Gasteiger partial charge >= 0.3 is 0 Å². The molecule has 35 heavy (non-hydrogen) atoms. The highest BCUT2D eigenvalue weighted by Gasteiger charge is 2.16. The van der Waals surface area contributed by atoms with Crippen molar-refractivity contribution >= 4 is 23.4 Å². The lowest BCUT2D eigenvalue weighted by atomic mass is 10.1. The zero-order valence-electron chi connectivity index (χ0n) is 18.4. The van der Waals surface area contributed by atoms with Gasteiger partial charge in [0.05, 0.1) is 29.4 Å². The third-order valence-corrected chi connectivity index (χ3v) is 5.23. The maximum absolute atomic E-state index is 12.6. The molecule has 1 heterocycles. The molecule has 0 spiro atoms. The first-order valence-electron chi connectivity index (χ1n) is 10.6. The van der Waals surface area contributed by atoms with Gasteiger partial charge in [0.2, 0.25) is 5.91 Å². The van der Waals surface area contributed by atoms with Crippen molar-refractivity contribution in [2.45, 2.75) is 6.42 Å². The molecule has 9 heteroatoms. The van der Waals surface area contributed by atoms with E-state index in [4.69, 9.17) is 21.6 Å². The molecule has 0 fully saturated rings. The van der Waals surface area contributed by atoms with Gasteiger partial charge in [0.25, 0.3) is 5.91 Å². The van der Waals surface area contributed by atoms with Crippen LogP contribution in [0.5, 0.6) is 5.75 Å². The Bertz CT molecular complexity index is 1360. The van der Waals surface area contributed by atoms with Crippen LogP contribution in [0.15, 0.2) is 85.1 Å². The minimum Gasteiger partial charge on any atom is -0.484 e. The minimum absolute atomic E-state index is 0.0123. The normalized spacial score (nSPS) is 10.3. The Hall–Kier alpha value is -4.61. The molecule has 0 aliphatic carbocycles. The largest absolute Gasteiger partial charge is 0.484 e. The number of nitrogens with zero attached hydrogens (tertiary/aromatic N) is 3. The fourth-order valence-electron chi connectivity index (χ4n) is 3.27. The Kier molecular flexibility index (Phi) is 7.40. The molecule has 2 amide bonds. The summed E-state index contributed by atoms with van der Waals surface area (Å²) in [6.07, 6.45) is 1.77. The van der Waals surface area contributed by atoms with Crippen LogP contribution >= 0.6 is 11.6 Å². The first-order chi connectivity index (χ1) is 17.0. The van der Waals surface area contributed by atoms with Crippen molar-refractivity contribution in [2.75, 3.05) is 6.61 Å². The molecule has 0 bridgehead atoms. The number of ether oxygens (including phenoxy) is 1. The highest BCUT2D eigenvalue weighted by molar-refractivity contribution is 6.30. The Morgan fingerprint density at radius 1 is 0.943 bits per heavy atom. The number of hydrogen-bond donors (Lipinski definition) is 2. The highest BCUT2D eigenvalue weighted by atomic mass is 35.5. The van der Waals surface area contributed by atoms with Crippen molar-refractivity contribution in [1.29, 1.82) is 5.26 Å². The van der Waals surface area contributed by atoms with E-state index in [0.29, 0.717) is 27.6 Å². The van der Waals surface area contributed by atoms with Gasteiger partial charge < -0.3 is 4.74 Å². The number of carbonyl (C=O) groups is 2. The van der Waals surface area contributed by atoms with E-state index in [1.54, 1.807) is 47.3 Å². The van der Waals surface area contributed by atoms with Gasteiger partial charge in [-0.05, 0) is 48.5 Å². The van der Waals surface area contributed by atoms with E-state index in [1.807, 2.05) is 48.5 Å². The SMILES string of the molecule is N#Cc1ccc(OCC(=O)NNC(=O)Cc2cn(-c3ccccc3)nc2-c2ccc(Cl)cc2)cc1. The summed E-state index contributed by atoms with van der Waals surface area (Å²) in [4.78, 5) is 24.7. The molecule has 0 radical (unpaired) electrons. The standard InChI is InChI=1S/C26H20ClN5O3/c27-21-10-8-19(9-11-21)26-20(16-32(31-26)22-4-2-1-3-5-22)14-24(33)29-30-25(34)17-35-23-12-6-18(15-28)7-13-23/h1-13,16H,14,17H2,(H,29,33)(H,30,34). The number of carbonyl (C=O) groups excluding carboxylic acids is 2. The first-order valence-corrected chi connectivity index (χ1v) is 11.0. The molecule has 174 valence electrons. The number of benzene rings is 3. The van der Waals surface area contributed by atoms with Crippen molar-refractivity contribution in [1.82, 2.24) is 20.6 Å². The Morgan fingerprint density at radius 2 is 1.63 bits per heavy atom. The smallest absolute Gasteiger partial charge is 0.276 e. The average Bonchev–Trinajstić information content (AvgIpc) is 3.31. The zero-order chi connectivity index (χ0) is 24.6. The first kappa shape index (κ1) is 23.5. The van der Waals surface area contributed by atoms with Crippen molar-refractivity contribution in [3.63, 3.8) is 0 Å². The van der Waals surface area contributed by atoms with Crippen LogP contribution in [0.1, 0.15) is 11.1 Å². The van der Waals surface area contributed by atoms with E-state index >= 15 is 0 Å². The van der Waals surface area contributed by atoms with E-state index in [2.05, 4.69) is 16.0 Å². The third kappa shape index (κ3) is 6.25. The molecule has 0 saturated carbocycles. The summed E-state index contributed by atoms with van der Waals surface area (Å²) in [5, 5.41) is 14.1. The van der Waals surface area contributed by atoms with E-state index in [-0.39, 0.29) is 13.0 Å². The average molecular weight is 486 g/mol. The van der Waals surface area contributed by atoms with Gasteiger partial charge in [-0.1, -0.05) is 41.9 Å². The number of nitriles is 1.